The molecule has 5 nitrogen and oxygen atoms in total. The summed E-state index contributed by atoms with van der Waals surface area (Å²) < 4.78 is 0. The van der Waals surface area contributed by atoms with Crippen molar-refractivity contribution < 1.29 is 9.59 Å². The van der Waals surface area contributed by atoms with Crippen molar-refractivity contribution in [1.82, 2.24) is 15.1 Å². The Labute approximate surface area is 114 Å². The van der Waals surface area contributed by atoms with Crippen LogP contribution in [0.25, 0.3) is 0 Å². The number of piperidine rings is 1. The standard InChI is InChI=1S/C14H23N3O2/c1-10(12-8-15-9-12)13(18)17-6-4-11(5-7-17)14(19)16(2)3/h11,15H,4-9H2,1-3H3. The summed E-state index contributed by atoms with van der Waals surface area (Å²) in [4.78, 5) is 27.7. The van der Waals surface area contributed by atoms with Crippen molar-refractivity contribution in [3.8, 4) is 0 Å². The van der Waals surface area contributed by atoms with Crippen molar-refractivity contribution >= 4 is 11.8 Å². The molecule has 0 bridgehead atoms. The van der Waals surface area contributed by atoms with Gasteiger partial charge in [-0.25, -0.2) is 0 Å². The minimum absolute atomic E-state index is 0.0809. The lowest BCUT2D eigenvalue weighted by molar-refractivity contribution is -0.137. The summed E-state index contributed by atoms with van der Waals surface area (Å²) >= 11 is 0. The lowest BCUT2D eigenvalue weighted by Gasteiger charge is -2.33. The van der Waals surface area contributed by atoms with Gasteiger partial charge in [-0.2, -0.15) is 0 Å². The Bertz CT molecular complexity index is 401. The van der Waals surface area contributed by atoms with E-state index in [0.717, 1.165) is 31.5 Å². The second-order valence-corrected chi connectivity index (χ2v) is 5.63. The van der Waals surface area contributed by atoms with Crippen LogP contribution in [0, 0.1) is 5.92 Å². The third-order valence-electron chi connectivity index (χ3n) is 4.10. The highest BCUT2D eigenvalue weighted by atomic mass is 16.2. The number of amides is 2. The summed E-state index contributed by atoms with van der Waals surface area (Å²) in [6, 6.07) is 0. The molecule has 1 N–H and O–H groups in total. The van der Waals surface area contributed by atoms with Gasteiger partial charge in [0.1, 0.15) is 0 Å². The highest BCUT2D eigenvalue weighted by Gasteiger charge is 2.29. The average molecular weight is 265 g/mol. The maximum absolute atomic E-state index is 12.3. The fourth-order valence-corrected chi connectivity index (χ4v) is 2.60. The first-order valence-electron chi connectivity index (χ1n) is 6.90. The number of carbonyl (C=O) groups excluding carboxylic acids is 2. The Morgan fingerprint density at radius 1 is 1.21 bits per heavy atom. The molecule has 2 fully saturated rings. The molecule has 0 aromatic carbocycles. The van der Waals surface area contributed by atoms with Gasteiger partial charge in [-0.1, -0.05) is 0 Å². The highest BCUT2D eigenvalue weighted by Crippen LogP contribution is 2.21. The SMILES string of the molecule is CC(C(=O)N1CCC(C(=O)N(C)C)CC1)=C1CNC1. The molecule has 2 aliphatic heterocycles. The molecule has 2 heterocycles. The van der Waals surface area contributed by atoms with Crippen LogP contribution in [0.4, 0.5) is 0 Å². The van der Waals surface area contributed by atoms with Gasteiger partial charge >= 0.3 is 0 Å². The molecule has 2 aliphatic rings. The van der Waals surface area contributed by atoms with E-state index in [1.54, 1.807) is 19.0 Å². The van der Waals surface area contributed by atoms with Crippen molar-refractivity contribution in [3.05, 3.63) is 11.1 Å². The molecule has 0 atom stereocenters. The van der Waals surface area contributed by atoms with Crippen molar-refractivity contribution in [3.63, 3.8) is 0 Å². The molecular formula is C14H23N3O2. The molecule has 0 saturated carbocycles. The van der Waals surface area contributed by atoms with Crippen LogP contribution >= 0.6 is 0 Å². The number of hydrogen-bond donors (Lipinski definition) is 1. The van der Waals surface area contributed by atoms with E-state index in [1.165, 1.54) is 5.57 Å². The van der Waals surface area contributed by atoms with Gasteiger partial charge in [-0.3, -0.25) is 9.59 Å². The summed E-state index contributed by atoms with van der Waals surface area (Å²) in [6.45, 7) is 4.98. The highest BCUT2D eigenvalue weighted by molar-refractivity contribution is 5.94. The number of nitrogens with zero attached hydrogens (tertiary/aromatic N) is 2. The van der Waals surface area contributed by atoms with Crippen LogP contribution in [0.3, 0.4) is 0 Å². The van der Waals surface area contributed by atoms with Gasteiger partial charge in [-0.15, -0.1) is 0 Å². The van der Waals surface area contributed by atoms with Crippen molar-refractivity contribution in [1.29, 1.82) is 0 Å². The van der Waals surface area contributed by atoms with Gasteiger partial charge in [0.15, 0.2) is 0 Å². The van der Waals surface area contributed by atoms with E-state index in [4.69, 9.17) is 0 Å². The molecule has 2 amide bonds. The second kappa shape index (κ2) is 5.74. The summed E-state index contributed by atoms with van der Waals surface area (Å²) in [6.07, 6.45) is 1.56. The van der Waals surface area contributed by atoms with Crippen LogP contribution in [0.5, 0.6) is 0 Å². The van der Waals surface area contributed by atoms with E-state index in [0.29, 0.717) is 13.1 Å². The van der Waals surface area contributed by atoms with E-state index in [9.17, 15) is 9.59 Å². The molecule has 2 saturated heterocycles. The predicted molar refractivity (Wildman–Crippen MR) is 73.6 cm³/mol. The topological polar surface area (TPSA) is 52.7 Å². The maximum Gasteiger partial charge on any atom is 0.249 e. The molecular weight excluding hydrogens is 242 g/mol. The largest absolute Gasteiger partial charge is 0.349 e. The molecule has 2 rings (SSSR count). The van der Waals surface area contributed by atoms with Gasteiger partial charge < -0.3 is 15.1 Å². The fourth-order valence-electron chi connectivity index (χ4n) is 2.60. The molecule has 0 aromatic heterocycles. The van der Waals surface area contributed by atoms with Crippen LogP contribution in [0.15, 0.2) is 11.1 Å². The zero-order chi connectivity index (χ0) is 14.0. The summed E-state index contributed by atoms with van der Waals surface area (Å²) in [5.74, 6) is 0.412. The van der Waals surface area contributed by atoms with Crippen LogP contribution in [-0.4, -0.2) is 61.9 Å². The molecule has 0 radical (unpaired) electrons. The second-order valence-electron chi connectivity index (χ2n) is 5.63. The third-order valence-corrected chi connectivity index (χ3v) is 4.10. The van der Waals surface area contributed by atoms with Gasteiger partial charge in [0.25, 0.3) is 0 Å². The first-order chi connectivity index (χ1) is 9.00. The van der Waals surface area contributed by atoms with Gasteiger partial charge in [0.2, 0.25) is 11.8 Å². The molecule has 0 unspecified atom stereocenters. The lowest BCUT2D eigenvalue weighted by atomic mass is 9.94. The fraction of sp³-hybridized carbons (Fsp3) is 0.714. The smallest absolute Gasteiger partial charge is 0.249 e. The van der Waals surface area contributed by atoms with Crippen LogP contribution in [0.2, 0.25) is 0 Å². The Morgan fingerprint density at radius 3 is 2.21 bits per heavy atom. The monoisotopic (exact) mass is 265 g/mol. The quantitative estimate of drug-likeness (QED) is 0.727. The van der Waals surface area contributed by atoms with E-state index < -0.39 is 0 Å². The average Bonchev–Trinajstić information content (AvgIpc) is 2.35. The van der Waals surface area contributed by atoms with Gasteiger partial charge in [0, 0.05) is 51.8 Å². The van der Waals surface area contributed by atoms with Crippen LogP contribution in [0.1, 0.15) is 19.8 Å². The Morgan fingerprint density at radius 2 is 1.79 bits per heavy atom. The van der Waals surface area contributed by atoms with Gasteiger partial charge in [0.05, 0.1) is 0 Å². The van der Waals surface area contributed by atoms with Crippen molar-refractivity contribution in [2.75, 3.05) is 40.3 Å². The summed E-state index contributed by atoms with van der Waals surface area (Å²) in [7, 11) is 3.58. The number of carbonyl (C=O) groups is 2. The zero-order valence-corrected chi connectivity index (χ0v) is 12.0. The molecule has 106 valence electrons. The van der Waals surface area contributed by atoms with Crippen molar-refractivity contribution in [2.24, 2.45) is 5.92 Å². The normalized spacial score (nSPS) is 19.9. The molecule has 0 aliphatic carbocycles. The number of likely N-dealkylation sites (tertiary alicyclic amines) is 1. The zero-order valence-electron chi connectivity index (χ0n) is 12.0. The summed E-state index contributed by atoms with van der Waals surface area (Å²) in [5.41, 5.74) is 2.10. The molecule has 0 aromatic rings. The number of nitrogens with one attached hydrogen (secondary N) is 1. The molecule has 0 spiro atoms. The number of hydrogen-bond acceptors (Lipinski definition) is 3. The Hall–Kier alpha value is -1.36. The molecule has 19 heavy (non-hydrogen) atoms. The third kappa shape index (κ3) is 2.97. The Balaban J connectivity index is 1.89. The maximum atomic E-state index is 12.3. The number of rotatable bonds is 2. The minimum atomic E-state index is 0.0809. The van der Waals surface area contributed by atoms with E-state index in [2.05, 4.69) is 5.32 Å². The Kier molecular flexibility index (Phi) is 4.24. The van der Waals surface area contributed by atoms with E-state index >= 15 is 0 Å². The van der Waals surface area contributed by atoms with E-state index in [1.807, 2.05) is 11.8 Å². The van der Waals surface area contributed by atoms with Crippen LogP contribution < -0.4 is 5.32 Å². The summed E-state index contributed by atoms with van der Waals surface area (Å²) in [5, 5.41) is 3.16. The van der Waals surface area contributed by atoms with Crippen molar-refractivity contribution in [2.45, 2.75) is 19.8 Å². The predicted octanol–water partition coefficient (Wildman–Crippen LogP) is 0.233. The van der Waals surface area contributed by atoms with Crippen LogP contribution in [-0.2, 0) is 9.59 Å². The van der Waals surface area contributed by atoms with Gasteiger partial charge in [-0.05, 0) is 25.3 Å². The lowest BCUT2D eigenvalue weighted by Crippen LogP contribution is -2.44. The molecule has 5 heteroatoms. The first-order valence-corrected chi connectivity index (χ1v) is 6.90. The first kappa shape index (κ1) is 14.1. The van der Waals surface area contributed by atoms with E-state index in [-0.39, 0.29) is 17.7 Å². The minimum Gasteiger partial charge on any atom is -0.349 e.